The maximum absolute atomic E-state index is 11.9. The second kappa shape index (κ2) is 6.60. The molecule has 2 aromatic heterocycles. The van der Waals surface area contributed by atoms with Crippen LogP contribution in [-0.4, -0.2) is 37.2 Å². The van der Waals surface area contributed by atoms with Gasteiger partial charge in [-0.3, -0.25) is 9.48 Å². The van der Waals surface area contributed by atoms with Gasteiger partial charge in [0.05, 0.1) is 5.69 Å². The van der Waals surface area contributed by atoms with Gasteiger partial charge in [0.2, 0.25) is 5.91 Å². The zero-order chi connectivity index (χ0) is 16.2. The highest BCUT2D eigenvalue weighted by Crippen LogP contribution is 2.06. The van der Waals surface area contributed by atoms with Crippen molar-refractivity contribution in [2.24, 2.45) is 0 Å². The standard InChI is InChI=1S/C16H20N6O/c1-12-10-13(2)21(18-12)9-5-8-17-16(23)11-22-19-14-6-3-4-7-15(14)20-22/h3-4,6-7,10H,5,8-9,11H2,1-2H3,(H,17,23). The third-order valence-corrected chi connectivity index (χ3v) is 3.59. The van der Waals surface area contributed by atoms with Crippen molar-refractivity contribution in [1.82, 2.24) is 30.1 Å². The van der Waals surface area contributed by atoms with Gasteiger partial charge < -0.3 is 5.32 Å². The highest BCUT2D eigenvalue weighted by atomic mass is 16.2. The Labute approximate surface area is 134 Å². The number of rotatable bonds is 6. The summed E-state index contributed by atoms with van der Waals surface area (Å²) in [6.45, 7) is 5.55. The van der Waals surface area contributed by atoms with E-state index in [1.54, 1.807) is 0 Å². The first-order chi connectivity index (χ1) is 11.1. The topological polar surface area (TPSA) is 77.6 Å². The van der Waals surface area contributed by atoms with Gasteiger partial charge in [-0.1, -0.05) is 12.1 Å². The Morgan fingerprint density at radius 1 is 1.13 bits per heavy atom. The van der Waals surface area contributed by atoms with Crippen molar-refractivity contribution in [1.29, 1.82) is 0 Å². The normalized spacial score (nSPS) is 11.0. The molecular weight excluding hydrogens is 292 g/mol. The summed E-state index contributed by atoms with van der Waals surface area (Å²) in [7, 11) is 0. The Bertz CT molecular complexity index is 786. The molecule has 1 N–H and O–H groups in total. The van der Waals surface area contributed by atoms with Gasteiger partial charge in [0.15, 0.2) is 0 Å². The smallest absolute Gasteiger partial charge is 0.243 e. The molecule has 1 amide bonds. The number of nitrogens with one attached hydrogen (secondary N) is 1. The minimum atomic E-state index is -0.0846. The predicted octanol–water partition coefficient (Wildman–Crippen LogP) is 1.45. The molecule has 7 nitrogen and oxygen atoms in total. The van der Waals surface area contributed by atoms with Crippen LogP contribution >= 0.6 is 0 Å². The lowest BCUT2D eigenvalue weighted by Crippen LogP contribution is -2.29. The van der Waals surface area contributed by atoms with Crippen LogP contribution in [0.4, 0.5) is 0 Å². The van der Waals surface area contributed by atoms with Crippen molar-refractivity contribution in [2.45, 2.75) is 33.4 Å². The third-order valence-electron chi connectivity index (χ3n) is 3.59. The number of amides is 1. The van der Waals surface area contributed by atoms with E-state index in [4.69, 9.17) is 0 Å². The van der Waals surface area contributed by atoms with Crippen LogP contribution in [-0.2, 0) is 17.9 Å². The number of nitrogens with zero attached hydrogens (tertiary/aromatic N) is 5. The Balaban J connectivity index is 1.45. The van der Waals surface area contributed by atoms with Crippen LogP contribution < -0.4 is 5.32 Å². The molecular formula is C16H20N6O. The molecule has 0 saturated carbocycles. The molecule has 0 aliphatic carbocycles. The Hall–Kier alpha value is -2.70. The lowest BCUT2D eigenvalue weighted by molar-refractivity contribution is -0.122. The van der Waals surface area contributed by atoms with E-state index in [0.29, 0.717) is 6.54 Å². The van der Waals surface area contributed by atoms with Gasteiger partial charge in [-0.05, 0) is 38.5 Å². The first kappa shape index (κ1) is 15.2. The summed E-state index contributed by atoms with van der Waals surface area (Å²) in [6, 6.07) is 9.61. The number of hydrogen-bond acceptors (Lipinski definition) is 4. The Kier molecular flexibility index (Phi) is 4.36. The van der Waals surface area contributed by atoms with E-state index in [1.165, 1.54) is 4.80 Å². The van der Waals surface area contributed by atoms with E-state index < -0.39 is 0 Å². The summed E-state index contributed by atoms with van der Waals surface area (Å²) >= 11 is 0. The second-order valence-electron chi connectivity index (χ2n) is 5.57. The second-order valence-corrected chi connectivity index (χ2v) is 5.57. The summed E-state index contributed by atoms with van der Waals surface area (Å²) in [5.74, 6) is -0.0846. The predicted molar refractivity (Wildman–Crippen MR) is 86.9 cm³/mol. The summed E-state index contributed by atoms with van der Waals surface area (Å²) in [6.07, 6.45) is 0.836. The molecule has 120 valence electrons. The van der Waals surface area contributed by atoms with Gasteiger partial charge in [0, 0.05) is 18.8 Å². The largest absolute Gasteiger partial charge is 0.354 e. The lowest BCUT2D eigenvalue weighted by atomic mass is 10.3. The van der Waals surface area contributed by atoms with Gasteiger partial charge in [-0.25, -0.2) is 0 Å². The van der Waals surface area contributed by atoms with E-state index in [1.807, 2.05) is 48.9 Å². The van der Waals surface area contributed by atoms with Crippen molar-refractivity contribution in [3.8, 4) is 0 Å². The van der Waals surface area contributed by atoms with Crippen LogP contribution in [0.2, 0.25) is 0 Å². The monoisotopic (exact) mass is 312 g/mol. The average molecular weight is 312 g/mol. The summed E-state index contributed by atoms with van der Waals surface area (Å²) < 4.78 is 1.96. The molecule has 3 aromatic rings. The van der Waals surface area contributed by atoms with Gasteiger partial charge in [-0.15, -0.1) is 0 Å². The molecule has 0 bridgehead atoms. The Morgan fingerprint density at radius 3 is 2.43 bits per heavy atom. The van der Waals surface area contributed by atoms with Crippen molar-refractivity contribution >= 4 is 16.9 Å². The van der Waals surface area contributed by atoms with E-state index >= 15 is 0 Å². The number of carbonyl (C=O) groups excluding carboxylic acids is 1. The van der Waals surface area contributed by atoms with Crippen LogP contribution in [0.1, 0.15) is 17.8 Å². The fourth-order valence-electron chi connectivity index (χ4n) is 2.52. The minimum absolute atomic E-state index is 0.0846. The van der Waals surface area contributed by atoms with Crippen molar-refractivity contribution in [2.75, 3.05) is 6.54 Å². The maximum atomic E-state index is 11.9. The zero-order valence-electron chi connectivity index (χ0n) is 13.4. The molecule has 3 rings (SSSR count). The molecule has 0 saturated heterocycles. The van der Waals surface area contributed by atoms with Crippen LogP contribution in [0.3, 0.4) is 0 Å². The van der Waals surface area contributed by atoms with Gasteiger partial charge in [-0.2, -0.15) is 20.1 Å². The highest BCUT2D eigenvalue weighted by Gasteiger charge is 2.07. The quantitative estimate of drug-likeness (QED) is 0.699. The number of benzene rings is 1. The minimum Gasteiger partial charge on any atom is -0.354 e. The van der Waals surface area contributed by atoms with Crippen LogP contribution in [0, 0.1) is 13.8 Å². The molecule has 23 heavy (non-hydrogen) atoms. The van der Waals surface area contributed by atoms with E-state index in [0.717, 1.165) is 35.4 Å². The van der Waals surface area contributed by atoms with E-state index in [9.17, 15) is 4.79 Å². The van der Waals surface area contributed by atoms with Gasteiger partial charge in [0.1, 0.15) is 17.6 Å². The fourth-order valence-corrected chi connectivity index (χ4v) is 2.52. The van der Waals surface area contributed by atoms with Crippen LogP contribution in [0.25, 0.3) is 11.0 Å². The van der Waals surface area contributed by atoms with Crippen LogP contribution in [0.15, 0.2) is 30.3 Å². The molecule has 0 atom stereocenters. The summed E-state index contributed by atoms with van der Waals surface area (Å²) in [5.41, 5.74) is 3.75. The molecule has 1 aromatic carbocycles. The first-order valence-corrected chi connectivity index (χ1v) is 7.69. The van der Waals surface area contributed by atoms with E-state index in [-0.39, 0.29) is 12.5 Å². The van der Waals surface area contributed by atoms with Crippen LogP contribution in [0.5, 0.6) is 0 Å². The highest BCUT2D eigenvalue weighted by molar-refractivity contribution is 5.76. The van der Waals surface area contributed by atoms with Crippen molar-refractivity contribution in [3.05, 3.63) is 41.7 Å². The van der Waals surface area contributed by atoms with Crippen molar-refractivity contribution in [3.63, 3.8) is 0 Å². The molecule has 7 heteroatoms. The number of aryl methyl sites for hydroxylation is 3. The van der Waals surface area contributed by atoms with Gasteiger partial charge >= 0.3 is 0 Å². The summed E-state index contributed by atoms with van der Waals surface area (Å²) in [4.78, 5) is 13.4. The lowest BCUT2D eigenvalue weighted by Gasteiger charge is -2.06. The first-order valence-electron chi connectivity index (χ1n) is 7.69. The SMILES string of the molecule is Cc1cc(C)n(CCCNC(=O)Cn2nc3ccccc3n2)n1. The molecule has 0 unspecified atom stereocenters. The number of hydrogen-bond donors (Lipinski definition) is 1. The number of aromatic nitrogens is 5. The number of carbonyl (C=O) groups is 1. The Morgan fingerprint density at radius 2 is 1.83 bits per heavy atom. The average Bonchev–Trinajstić information content (AvgIpc) is 3.05. The molecule has 2 heterocycles. The number of fused-ring (bicyclic) bond motifs is 1. The molecule has 0 spiro atoms. The van der Waals surface area contributed by atoms with E-state index in [2.05, 4.69) is 20.6 Å². The molecule has 0 aliphatic rings. The molecule has 0 fully saturated rings. The van der Waals surface area contributed by atoms with Gasteiger partial charge in [0.25, 0.3) is 0 Å². The molecule has 0 radical (unpaired) electrons. The third kappa shape index (κ3) is 3.74. The maximum Gasteiger partial charge on any atom is 0.243 e. The summed E-state index contributed by atoms with van der Waals surface area (Å²) in [5, 5.41) is 15.8. The van der Waals surface area contributed by atoms with Crippen molar-refractivity contribution < 1.29 is 4.79 Å². The fraction of sp³-hybridized carbons (Fsp3) is 0.375. The molecule has 0 aliphatic heterocycles. The zero-order valence-corrected chi connectivity index (χ0v) is 13.4.